The van der Waals surface area contributed by atoms with Gasteiger partial charge in [-0.05, 0) is 58.5 Å². The van der Waals surface area contributed by atoms with Crippen LogP contribution >= 0.6 is 34.2 Å². The molecule has 0 fully saturated rings. The molecule has 20 heavy (non-hydrogen) atoms. The zero-order chi connectivity index (χ0) is 14.5. The topological polar surface area (TPSA) is 41.1 Å². The van der Waals surface area contributed by atoms with Gasteiger partial charge in [-0.15, -0.1) is 0 Å². The molecule has 0 aliphatic rings. The van der Waals surface area contributed by atoms with Gasteiger partial charge in [0.1, 0.15) is 0 Å². The Morgan fingerprint density at radius 2 is 1.90 bits per heavy atom. The summed E-state index contributed by atoms with van der Waals surface area (Å²) in [6, 6.07) is 13.6. The van der Waals surface area contributed by atoms with Gasteiger partial charge in [-0.25, -0.2) is 0 Å². The fourth-order valence-electron chi connectivity index (χ4n) is 1.74. The quantitative estimate of drug-likeness (QED) is 0.741. The summed E-state index contributed by atoms with van der Waals surface area (Å²) in [4.78, 5) is 10.9. The van der Waals surface area contributed by atoms with Crippen LogP contribution in [-0.2, 0) is 11.3 Å². The van der Waals surface area contributed by atoms with E-state index in [1.54, 1.807) is 0 Å². The summed E-state index contributed by atoms with van der Waals surface area (Å²) in [7, 11) is 0. The van der Waals surface area contributed by atoms with E-state index in [9.17, 15) is 4.79 Å². The van der Waals surface area contributed by atoms with Gasteiger partial charge in [0.2, 0.25) is 5.91 Å². The lowest BCUT2D eigenvalue weighted by Gasteiger charge is -2.09. The van der Waals surface area contributed by atoms with Crippen molar-refractivity contribution in [1.29, 1.82) is 0 Å². The van der Waals surface area contributed by atoms with Crippen molar-refractivity contribution in [2.75, 3.05) is 10.6 Å². The van der Waals surface area contributed by atoms with Crippen molar-refractivity contribution in [2.45, 2.75) is 13.5 Å². The molecule has 2 aromatic rings. The summed E-state index contributed by atoms with van der Waals surface area (Å²) in [6.07, 6.45) is 0. The number of rotatable bonds is 4. The van der Waals surface area contributed by atoms with E-state index in [0.717, 1.165) is 20.5 Å². The van der Waals surface area contributed by atoms with E-state index in [0.29, 0.717) is 11.6 Å². The van der Waals surface area contributed by atoms with Gasteiger partial charge >= 0.3 is 0 Å². The smallest absolute Gasteiger partial charge is 0.221 e. The molecule has 0 aliphatic heterocycles. The normalized spacial score (nSPS) is 10.2. The Hall–Kier alpha value is -1.27. The van der Waals surface area contributed by atoms with E-state index in [-0.39, 0.29) is 5.91 Å². The van der Waals surface area contributed by atoms with Crippen molar-refractivity contribution >= 4 is 51.5 Å². The monoisotopic (exact) mass is 400 g/mol. The number of amides is 1. The Balaban J connectivity index is 1.98. The molecule has 104 valence electrons. The van der Waals surface area contributed by atoms with Gasteiger partial charge in [0.05, 0.1) is 10.7 Å². The number of halogens is 2. The van der Waals surface area contributed by atoms with E-state index in [1.807, 2.05) is 42.5 Å². The summed E-state index contributed by atoms with van der Waals surface area (Å²) >= 11 is 8.39. The van der Waals surface area contributed by atoms with Crippen molar-refractivity contribution in [1.82, 2.24) is 0 Å². The molecule has 1 amide bonds. The number of nitrogens with one attached hydrogen (secondary N) is 2. The van der Waals surface area contributed by atoms with Gasteiger partial charge in [0.25, 0.3) is 0 Å². The van der Waals surface area contributed by atoms with Crippen molar-refractivity contribution in [3.05, 3.63) is 56.6 Å². The fraction of sp³-hybridized carbons (Fsp3) is 0.133. The van der Waals surface area contributed by atoms with Crippen LogP contribution in [-0.4, -0.2) is 5.91 Å². The molecule has 0 spiro atoms. The molecule has 0 aromatic heterocycles. The van der Waals surface area contributed by atoms with Gasteiger partial charge in [0.15, 0.2) is 0 Å². The SMILES string of the molecule is CC(=O)Nc1ccc(CNc2ccc(I)cc2Cl)cc1. The molecule has 0 atom stereocenters. The second-order valence-electron chi connectivity index (χ2n) is 4.36. The third-order valence-electron chi connectivity index (χ3n) is 2.69. The summed E-state index contributed by atoms with van der Waals surface area (Å²) in [5.74, 6) is -0.0680. The maximum Gasteiger partial charge on any atom is 0.221 e. The highest BCUT2D eigenvalue weighted by Crippen LogP contribution is 2.24. The minimum atomic E-state index is -0.0680. The molecule has 3 nitrogen and oxygen atoms in total. The molecule has 0 bridgehead atoms. The Labute approximate surface area is 136 Å². The predicted molar refractivity (Wildman–Crippen MR) is 92.2 cm³/mol. The zero-order valence-corrected chi connectivity index (χ0v) is 13.8. The molecule has 0 saturated carbocycles. The highest BCUT2D eigenvalue weighted by Gasteiger charge is 2.01. The minimum absolute atomic E-state index is 0.0680. The van der Waals surface area contributed by atoms with Gasteiger partial charge < -0.3 is 10.6 Å². The van der Waals surface area contributed by atoms with E-state index in [4.69, 9.17) is 11.6 Å². The standard InChI is InChI=1S/C15H14ClIN2O/c1-10(20)19-13-5-2-11(3-6-13)9-18-15-7-4-12(17)8-14(15)16/h2-8,18H,9H2,1H3,(H,19,20). The number of carbonyl (C=O) groups is 1. The first kappa shape index (κ1) is 15.1. The molecular weight excluding hydrogens is 387 g/mol. The third kappa shape index (κ3) is 4.38. The highest BCUT2D eigenvalue weighted by molar-refractivity contribution is 14.1. The molecule has 0 unspecified atom stereocenters. The second-order valence-corrected chi connectivity index (χ2v) is 6.01. The lowest BCUT2D eigenvalue weighted by Crippen LogP contribution is -2.06. The fourth-order valence-corrected chi connectivity index (χ4v) is 2.66. The molecule has 0 heterocycles. The number of hydrogen-bond donors (Lipinski definition) is 2. The van der Waals surface area contributed by atoms with Gasteiger partial charge in [-0.2, -0.15) is 0 Å². The Morgan fingerprint density at radius 1 is 1.20 bits per heavy atom. The maximum atomic E-state index is 10.9. The van der Waals surface area contributed by atoms with Crippen LogP contribution in [0, 0.1) is 3.57 Å². The molecule has 0 radical (unpaired) electrons. The van der Waals surface area contributed by atoms with Gasteiger partial charge in [-0.3, -0.25) is 4.79 Å². The second kappa shape index (κ2) is 6.95. The van der Waals surface area contributed by atoms with Crippen LogP contribution in [0.15, 0.2) is 42.5 Å². The molecule has 2 N–H and O–H groups in total. The summed E-state index contributed by atoms with van der Waals surface area (Å²) in [5, 5.41) is 6.75. The first-order chi connectivity index (χ1) is 9.54. The van der Waals surface area contributed by atoms with Crippen LogP contribution in [0.1, 0.15) is 12.5 Å². The van der Waals surface area contributed by atoms with Crippen molar-refractivity contribution in [3.63, 3.8) is 0 Å². The van der Waals surface area contributed by atoms with Crippen molar-refractivity contribution < 1.29 is 4.79 Å². The largest absolute Gasteiger partial charge is 0.380 e. The van der Waals surface area contributed by atoms with Crippen molar-refractivity contribution in [2.24, 2.45) is 0 Å². The first-order valence-corrected chi connectivity index (χ1v) is 7.56. The molecule has 2 rings (SSSR count). The lowest BCUT2D eigenvalue weighted by molar-refractivity contribution is -0.114. The van der Waals surface area contributed by atoms with Crippen LogP contribution in [0.5, 0.6) is 0 Å². The number of hydrogen-bond acceptors (Lipinski definition) is 2. The number of anilines is 2. The van der Waals surface area contributed by atoms with Crippen molar-refractivity contribution in [3.8, 4) is 0 Å². The average Bonchev–Trinajstić information content (AvgIpc) is 2.39. The Kier molecular flexibility index (Phi) is 5.25. The van der Waals surface area contributed by atoms with E-state index in [2.05, 4.69) is 33.2 Å². The first-order valence-electron chi connectivity index (χ1n) is 6.10. The Morgan fingerprint density at radius 3 is 2.50 bits per heavy atom. The summed E-state index contributed by atoms with van der Waals surface area (Å²) in [5.41, 5.74) is 2.83. The minimum Gasteiger partial charge on any atom is -0.380 e. The van der Waals surface area contributed by atoms with Crippen LogP contribution in [0.25, 0.3) is 0 Å². The molecule has 0 aliphatic carbocycles. The average molecular weight is 401 g/mol. The maximum absolute atomic E-state index is 10.9. The summed E-state index contributed by atoms with van der Waals surface area (Å²) < 4.78 is 1.11. The Bertz CT molecular complexity index is 614. The molecule has 2 aromatic carbocycles. The summed E-state index contributed by atoms with van der Waals surface area (Å²) in [6.45, 7) is 2.18. The van der Waals surface area contributed by atoms with E-state index < -0.39 is 0 Å². The van der Waals surface area contributed by atoms with Gasteiger partial charge in [-0.1, -0.05) is 23.7 Å². The van der Waals surface area contributed by atoms with Crippen LogP contribution in [0.4, 0.5) is 11.4 Å². The third-order valence-corrected chi connectivity index (χ3v) is 3.67. The predicted octanol–water partition coefficient (Wildman–Crippen LogP) is 4.52. The van der Waals surface area contributed by atoms with Gasteiger partial charge in [0, 0.05) is 22.7 Å². The van der Waals surface area contributed by atoms with Crippen LogP contribution in [0.2, 0.25) is 5.02 Å². The number of benzene rings is 2. The van der Waals surface area contributed by atoms with E-state index >= 15 is 0 Å². The van der Waals surface area contributed by atoms with Crippen LogP contribution in [0.3, 0.4) is 0 Å². The highest BCUT2D eigenvalue weighted by atomic mass is 127. The van der Waals surface area contributed by atoms with Crippen LogP contribution < -0.4 is 10.6 Å². The number of carbonyl (C=O) groups excluding carboxylic acids is 1. The molecule has 0 saturated heterocycles. The molecular formula is C15H14ClIN2O. The lowest BCUT2D eigenvalue weighted by atomic mass is 10.2. The van der Waals surface area contributed by atoms with E-state index in [1.165, 1.54) is 6.92 Å². The zero-order valence-electron chi connectivity index (χ0n) is 10.9. The molecule has 5 heteroatoms.